The zero-order valence-corrected chi connectivity index (χ0v) is 10.9. The molecular weight excluding hydrogens is 220 g/mol. The van der Waals surface area contributed by atoms with Gasteiger partial charge in [-0.15, -0.1) is 0 Å². The molecule has 2 atom stereocenters. The van der Waals surface area contributed by atoms with Crippen molar-refractivity contribution in [3.8, 4) is 6.07 Å². The fraction of sp³-hybridized carbons (Fsp3) is 0.917. The van der Waals surface area contributed by atoms with E-state index in [9.17, 15) is 0 Å². The van der Waals surface area contributed by atoms with Crippen LogP contribution in [0.3, 0.4) is 0 Å². The Morgan fingerprint density at radius 1 is 1.56 bits per heavy atom. The molecule has 1 aliphatic carbocycles. The smallest absolute Gasteiger partial charge is 0.107 e. The van der Waals surface area contributed by atoms with E-state index < -0.39 is 5.54 Å². The van der Waals surface area contributed by atoms with Crippen LogP contribution in [0, 0.1) is 17.2 Å². The Bertz CT molecular complexity index is 242. The molecule has 0 aromatic heterocycles. The van der Waals surface area contributed by atoms with Crippen molar-refractivity contribution >= 4 is 11.8 Å². The lowest BCUT2D eigenvalue weighted by Gasteiger charge is -2.23. The normalized spacial score (nSPS) is 29.2. The maximum absolute atomic E-state index is 9.07. The van der Waals surface area contributed by atoms with Gasteiger partial charge in [-0.25, -0.2) is 0 Å². The molecule has 0 heterocycles. The number of hydrogen-bond donors (Lipinski definition) is 1. The molecule has 0 aromatic rings. The molecule has 2 N–H and O–H groups in total. The molecule has 3 nitrogen and oxygen atoms in total. The topological polar surface area (TPSA) is 59.0 Å². The van der Waals surface area contributed by atoms with Gasteiger partial charge in [0.05, 0.1) is 6.07 Å². The SMILES string of the molecule is COCCCSCCC1CCCC1(N)C#N. The van der Waals surface area contributed by atoms with Crippen molar-refractivity contribution < 1.29 is 4.74 Å². The second kappa shape index (κ2) is 7.16. The minimum Gasteiger partial charge on any atom is -0.385 e. The van der Waals surface area contributed by atoms with Crippen molar-refractivity contribution in [3.05, 3.63) is 0 Å². The summed E-state index contributed by atoms with van der Waals surface area (Å²) in [4.78, 5) is 0. The third-order valence-corrected chi connectivity index (χ3v) is 4.43. The van der Waals surface area contributed by atoms with Gasteiger partial charge in [-0.05, 0) is 43.1 Å². The summed E-state index contributed by atoms with van der Waals surface area (Å²) in [6, 6.07) is 2.30. The maximum Gasteiger partial charge on any atom is 0.107 e. The van der Waals surface area contributed by atoms with Crippen molar-refractivity contribution in [2.24, 2.45) is 11.7 Å². The van der Waals surface area contributed by atoms with Gasteiger partial charge in [-0.3, -0.25) is 0 Å². The molecule has 4 heteroatoms. The van der Waals surface area contributed by atoms with Crippen LogP contribution >= 0.6 is 11.8 Å². The van der Waals surface area contributed by atoms with Crippen molar-refractivity contribution in [3.63, 3.8) is 0 Å². The molecule has 0 radical (unpaired) electrons. The van der Waals surface area contributed by atoms with Crippen LogP contribution < -0.4 is 5.73 Å². The van der Waals surface area contributed by atoms with Gasteiger partial charge in [-0.1, -0.05) is 6.42 Å². The Balaban J connectivity index is 2.11. The summed E-state index contributed by atoms with van der Waals surface area (Å²) in [7, 11) is 1.74. The Morgan fingerprint density at radius 2 is 2.38 bits per heavy atom. The molecule has 0 aromatic carbocycles. The van der Waals surface area contributed by atoms with Crippen LogP contribution in [-0.2, 0) is 4.74 Å². The second-order valence-electron chi connectivity index (χ2n) is 4.49. The van der Waals surface area contributed by atoms with Gasteiger partial charge in [0.15, 0.2) is 0 Å². The summed E-state index contributed by atoms with van der Waals surface area (Å²) in [5.41, 5.74) is 5.54. The van der Waals surface area contributed by atoms with Crippen LogP contribution in [0.4, 0.5) is 0 Å². The van der Waals surface area contributed by atoms with Crippen LogP contribution in [0.25, 0.3) is 0 Å². The molecule has 0 saturated heterocycles. The fourth-order valence-electron chi connectivity index (χ4n) is 2.28. The van der Waals surface area contributed by atoms with E-state index in [1.807, 2.05) is 11.8 Å². The van der Waals surface area contributed by atoms with Crippen molar-refractivity contribution in [2.75, 3.05) is 25.2 Å². The highest BCUT2D eigenvalue weighted by molar-refractivity contribution is 7.99. The highest BCUT2D eigenvalue weighted by Crippen LogP contribution is 2.36. The molecular formula is C12H22N2OS. The van der Waals surface area contributed by atoms with Gasteiger partial charge < -0.3 is 10.5 Å². The molecule has 16 heavy (non-hydrogen) atoms. The molecule has 0 bridgehead atoms. The first-order valence-electron chi connectivity index (χ1n) is 6.00. The molecule has 1 saturated carbocycles. The van der Waals surface area contributed by atoms with E-state index in [1.54, 1.807) is 7.11 Å². The van der Waals surface area contributed by atoms with Crippen LogP contribution in [0.15, 0.2) is 0 Å². The second-order valence-corrected chi connectivity index (χ2v) is 5.71. The minimum absolute atomic E-state index is 0.410. The van der Waals surface area contributed by atoms with Crippen LogP contribution in [-0.4, -0.2) is 30.8 Å². The maximum atomic E-state index is 9.07. The van der Waals surface area contributed by atoms with Crippen LogP contribution in [0.5, 0.6) is 0 Å². The summed E-state index contributed by atoms with van der Waals surface area (Å²) in [6.45, 7) is 0.843. The lowest BCUT2D eigenvalue weighted by atomic mass is 9.88. The lowest BCUT2D eigenvalue weighted by Crippen LogP contribution is -2.41. The number of methoxy groups -OCH3 is 1. The number of nitrogens with two attached hydrogens (primary N) is 1. The standard InChI is InChI=1S/C12H22N2OS/c1-15-7-3-8-16-9-5-11-4-2-6-12(11,14)10-13/h11H,2-9,14H2,1H3. The van der Waals surface area contributed by atoms with Gasteiger partial charge in [0.25, 0.3) is 0 Å². The highest BCUT2D eigenvalue weighted by Gasteiger charge is 2.38. The van der Waals surface area contributed by atoms with Crippen LogP contribution in [0.2, 0.25) is 0 Å². The molecule has 2 unspecified atom stereocenters. The number of ether oxygens (including phenoxy) is 1. The molecule has 1 fully saturated rings. The van der Waals surface area contributed by atoms with Crippen LogP contribution in [0.1, 0.15) is 32.1 Å². The monoisotopic (exact) mass is 242 g/mol. The number of thioether (sulfide) groups is 1. The first-order chi connectivity index (χ1) is 7.73. The number of nitriles is 1. The molecule has 1 rings (SSSR count). The van der Waals surface area contributed by atoms with Crippen molar-refractivity contribution in [2.45, 2.75) is 37.6 Å². The minimum atomic E-state index is -0.535. The van der Waals surface area contributed by atoms with E-state index in [0.29, 0.717) is 5.92 Å². The Hall–Kier alpha value is -0.240. The van der Waals surface area contributed by atoms with E-state index in [4.69, 9.17) is 15.7 Å². The van der Waals surface area contributed by atoms with Gasteiger partial charge in [-0.2, -0.15) is 17.0 Å². The third-order valence-electron chi connectivity index (χ3n) is 3.33. The first-order valence-corrected chi connectivity index (χ1v) is 7.15. The fourth-order valence-corrected chi connectivity index (χ4v) is 3.26. The zero-order chi connectivity index (χ0) is 11.9. The van der Waals surface area contributed by atoms with Crippen molar-refractivity contribution in [1.29, 1.82) is 5.26 Å². The molecule has 1 aliphatic rings. The van der Waals surface area contributed by atoms with Gasteiger partial charge in [0, 0.05) is 13.7 Å². The van der Waals surface area contributed by atoms with E-state index >= 15 is 0 Å². The van der Waals surface area contributed by atoms with Crippen molar-refractivity contribution in [1.82, 2.24) is 0 Å². The zero-order valence-electron chi connectivity index (χ0n) is 10.1. The van der Waals surface area contributed by atoms with E-state index in [2.05, 4.69) is 6.07 Å². The number of nitrogens with zero attached hydrogens (tertiary/aromatic N) is 1. The predicted octanol–water partition coefficient (Wildman–Crippen LogP) is 2.17. The molecule has 0 spiro atoms. The molecule has 92 valence electrons. The summed E-state index contributed by atoms with van der Waals surface area (Å²) in [5, 5.41) is 9.07. The van der Waals surface area contributed by atoms with Gasteiger partial charge in [0.1, 0.15) is 5.54 Å². The van der Waals surface area contributed by atoms with Gasteiger partial charge in [0.2, 0.25) is 0 Å². The van der Waals surface area contributed by atoms with E-state index in [0.717, 1.165) is 50.2 Å². The average Bonchev–Trinajstić information content (AvgIpc) is 2.66. The Morgan fingerprint density at radius 3 is 3.06 bits per heavy atom. The largest absolute Gasteiger partial charge is 0.385 e. The third kappa shape index (κ3) is 3.97. The quantitative estimate of drug-likeness (QED) is 0.695. The lowest BCUT2D eigenvalue weighted by molar-refractivity contribution is 0.200. The molecule has 0 amide bonds. The summed E-state index contributed by atoms with van der Waals surface area (Å²) >= 11 is 1.95. The highest BCUT2D eigenvalue weighted by atomic mass is 32.2. The summed E-state index contributed by atoms with van der Waals surface area (Å²) < 4.78 is 5.00. The summed E-state index contributed by atoms with van der Waals surface area (Å²) in [6.07, 6.45) is 5.31. The van der Waals surface area contributed by atoms with E-state index in [-0.39, 0.29) is 0 Å². The molecule has 0 aliphatic heterocycles. The summed E-state index contributed by atoms with van der Waals surface area (Å²) in [5.74, 6) is 2.67. The first kappa shape index (κ1) is 13.8. The van der Waals surface area contributed by atoms with E-state index in [1.165, 1.54) is 0 Å². The number of hydrogen-bond acceptors (Lipinski definition) is 4. The Kier molecular flexibility index (Phi) is 6.18. The predicted molar refractivity (Wildman–Crippen MR) is 68.3 cm³/mol. The average molecular weight is 242 g/mol. The number of rotatable bonds is 7. The van der Waals surface area contributed by atoms with Gasteiger partial charge >= 0.3 is 0 Å². The Labute approximate surface area is 103 Å².